The summed E-state index contributed by atoms with van der Waals surface area (Å²) in [7, 11) is -0.987. The molecular formula is C16H23N3O2S. The van der Waals surface area contributed by atoms with Crippen LogP contribution in [-0.2, 0) is 10.8 Å². The van der Waals surface area contributed by atoms with Gasteiger partial charge in [0.05, 0.1) is 0 Å². The summed E-state index contributed by atoms with van der Waals surface area (Å²) >= 11 is 0. The molecule has 0 unspecified atom stereocenters. The summed E-state index contributed by atoms with van der Waals surface area (Å²) in [4.78, 5) is 17.5. The predicted molar refractivity (Wildman–Crippen MR) is 88.6 cm³/mol. The molecule has 2 aliphatic heterocycles. The van der Waals surface area contributed by atoms with Gasteiger partial charge in [0.2, 0.25) is 0 Å². The van der Waals surface area contributed by atoms with Crippen molar-refractivity contribution < 1.29 is 9.00 Å². The largest absolute Gasteiger partial charge is 0.323 e. The van der Waals surface area contributed by atoms with Gasteiger partial charge in [-0.15, -0.1) is 0 Å². The number of amides is 2. The number of hydrogen-bond acceptors (Lipinski definition) is 3. The first-order chi connectivity index (χ1) is 10.6. The van der Waals surface area contributed by atoms with Crippen LogP contribution in [0.15, 0.2) is 29.2 Å². The van der Waals surface area contributed by atoms with Gasteiger partial charge in [0, 0.05) is 46.8 Å². The van der Waals surface area contributed by atoms with Crippen molar-refractivity contribution in [1.82, 2.24) is 9.80 Å². The average molecular weight is 321 g/mol. The van der Waals surface area contributed by atoms with E-state index >= 15 is 0 Å². The first-order valence-corrected chi connectivity index (χ1v) is 9.43. The Morgan fingerprint density at radius 1 is 1.18 bits per heavy atom. The van der Waals surface area contributed by atoms with Gasteiger partial charge in [-0.25, -0.2) is 4.79 Å². The van der Waals surface area contributed by atoms with Crippen molar-refractivity contribution in [2.45, 2.75) is 30.2 Å². The molecular weight excluding hydrogens is 298 g/mol. The van der Waals surface area contributed by atoms with Gasteiger partial charge in [-0.05, 0) is 56.6 Å². The third-order valence-corrected chi connectivity index (χ3v) is 5.48. The van der Waals surface area contributed by atoms with Crippen LogP contribution >= 0.6 is 0 Å². The first kappa shape index (κ1) is 15.5. The second-order valence-corrected chi connectivity index (χ2v) is 7.42. The number of urea groups is 1. The van der Waals surface area contributed by atoms with Crippen LogP contribution in [0.25, 0.3) is 0 Å². The Hall–Kier alpha value is -1.40. The number of carbonyl (C=O) groups is 1. The molecule has 0 bridgehead atoms. The molecule has 2 saturated heterocycles. The van der Waals surface area contributed by atoms with Gasteiger partial charge in [-0.3, -0.25) is 9.11 Å². The molecule has 22 heavy (non-hydrogen) atoms. The summed E-state index contributed by atoms with van der Waals surface area (Å²) in [5, 5.41) is 2.93. The molecule has 1 aromatic carbocycles. The van der Waals surface area contributed by atoms with Gasteiger partial charge in [0.1, 0.15) is 0 Å². The van der Waals surface area contributed by atoms with E-state index in [4.69, 9.17) is 0 Å². The Balaban J connectivity index is 1.54. The molecule has 0 aromatic heterocycles. The van der Waals surface area contributed by atoms with Crippen molar-refractivity contribution in [2.75, 3.05) is 37.8 Å². The van der Waals surface area contributed by atoms with Gasteiger partial charge in [-0.2, -0.15) is 0 Å². The highest BCUT2D eigenvalue weighted by Gasteiger charge is 2.31. The molecule has 5 nitrogen and oxygen atoms in total. The zero-order chi connectivity index (χ0) is 15.5. The monoisotopic (exact) mass is 321 g/mol. The number of likely N-dealkylation sites (tertiary alicyclic amines) is 2. The van der Waals surface area contributed by atoms with Crippen LogP contribution < -0.4 is 5.32 Å². The lowest BCUT2D eigenvalue weighted by atomic mass is 10.2. The van der Waals surface area contributed by atoms with E-state index < -0.39 is 10.8 Å². The quantitative estimate of drug-likeness (QED) is 0.928. The number of carbonyl (C=O) groups excluding carboxylic acids is 1. The normalized spacial score (nSPS) is 23.7. The SMILES string of the molecule is C[S@@](=O)c1ccc(NC(=O)N2CC[C@@H](N3CCCC3)C2)cc1. The van der Waals surface area contributed by atoms with Crippen LogP contribution in [0.2, 0.25) is 0 Å². The Morgan fingerprint density at radius 2 is 1.86 bits per heavy atom. The average Bonchev–Trinajstić information content (AvgIpc) is 3.19. The molecule has 2 fully saturated rings. The minimum Gasteiger partial charge on any atom is -0.323 e. The second-order valence-electron chi connectivity index (χ2n) is 6.04. The number of rotatable bonds is 3. The highest BCUT2D eigenvalue weighted by atomic mass is 32.2. The number of nitrogens with one attached hydrogen (secondary N) is 1. The van der Waals surface area contributed by atoms with Crippen molar-refractivity contribution >= 4 is 22.5 Å². The van der Waals surface area contributed by atoms with Gasteiger partial charge in [0.25, 0.3) is 0 Å². The van der Waals surface area contributed by atoms with E-state index in [1.165, 1.54) is 25.9 Å². The van der Waals surface area contributed by atoms with Gasteiger partial charge >= 0.3 is 6.03 Å². The summed E-state index contributed by atoms with van der Waals surface area (Å²) in [6.45, 7) is 4.00. The highest BCUT2D eigenvalue weighted by molar-refractivity contribution is 7.84. The zero-order valence-electron chi connectivity index (χ0n) is 13.0. The van der Waals surface area contributed by atoms with Crippen LogP contribution in [0, 0.1) is 0 Å². The van der Waals surface area contributed by atoms with Crippen LogP contribution in [0.1, 0.15) is 19.3 Å². The molecule has 2 heterocycles. The predicted octanol–water partition coefficient (Wildman–Crippen LogP) is 2.13. The van der Waals surface area contributed by atoms with Gasteiger partial charge in [-0.1, -0.05) is 0 Å². The maximum Gasteiger partial charge on any atom is 0.321 e. The fraction of sp³-hybridized carbons (Fsp3) is 0.562. The van der Waals surface area contributed by atoms with E-state index in [9.17, 15) is 9.00 Å². The smallest absolute Gasteiger partial charge is 0.321 e. The third kappa shape index (κ3) is 3.50. The Bertz CT molecular complexity index is 555. The minimum absolute atomic E-state index is 0.0351. The molecule has 0 saturated carbocycles. The van der Waals surface area contributed by atoms with E-state index in [0.29, 0.717) is 6.04 Å². The molecule has 0 aliphatic carbocycles. The summed E-state index contributed by atoms with van der Waals surface area (Å²) < 4.78 is 11.4. The van der Waals surface area contributed by atoms with E-state index in [-0.39, 0.29) is 6.03 Å². The number of hydrogen-bond donors (Lipinski definition) is 1. The fourth-order valence-corrected chi connectivity index (χ4v) is 3.78. The van der Waals surface area contributed by atoms with Crippen LogP contribution in [0.5, 0.6) is 0 Å². The maximum atomic E-state index is 12.3. The van der Waals surface area contributed by atoms with Gasteiger partial charge in [0.15, 0.2) is 0 Å². The van der Waals surface area contributed by atoms with Crippen molar-refractivity contribution in [3.05, 3.63) is 24.3 Å². The fourth-order valence-electron chi connectivity index (χ4n) is 3.26. The molecule has 0 spiro atoms. The topological polar surface area (TPSA) is 52.7 Å². The van der Waals surface area contributed by atoms with Crippen LogP contribution in [-0.4, -0.2) is 58.5 Å². The lowest BCUT2D eigenvalue weighted by Gasteiger charge is -2.23. The first-order valence-electron chi connectivity index (χ1n) is 7.87. The summed E-state index contributed by atoms with van der Waals surface area (Å²) in [5.74, 6) is 0. The Labute approximate surface area is 134 Å². The molecule has 0 radical (unpaired) electrons. The zero-order valence-corrected chi connectivity index (χ0v) is 13.8. The van der Waals surface area contributed by atoms with Crippen LogP contribution in [0.4, 0.5) is 10.5 Å². The second kappa shape index (κ2) is 6.79. The lowest BCUT2D eigenvalue weighted by Crippen LogP contribution is -2.38. The highest BCUT2D eigenvalue weighted by Crippen LogP contribution is 2.21. The standard InChI is InChI=1S/C16H23N3O2S/c1-22(21)15-6-4-13(5-7-15)17-16(20)19-11-8-14(12-19)18-9-2-3-10-18/h4-7,14H,2-3,8-12H2,1H3,(H,17,20)/t14-,22-/m1/s1. The van der Waals surface area contributed by atoms with E-state index in [2.05, 4.69) is 10.2 Å². The number of benzene rings is 1. The van der Waals surface area contributed by atoms with Crippen molar-refractivity contribution in [2.24, 2.45) is 0 Å². The summed E-state index contributed by atoms with van der Waals surface area (Å²) in [6.07, 6.45) is 5.29. The molecule has 2 aliphatic rings. The van der Waals surface area contributed by atoms with Crippen molar-refractivity contribution in [1.29, 1.82) is 0 Å². The van der Waals surface area contributed by atoms with Gasteiger partial charge < -0.3 is 10.2 Å². The minimum atomic E-state index is -0.987. The van der Waals surface area contributed by atoms with E-state index in [0.717, 1.165) is 30.1 Å². The maximum absolute atomic E-state index is 12.3. The summed E-state index contributed by atoms with van der Waals surface area (Å²) in [6, 6.07) is 7.70. The van der Waals surface area contributed by atoms with E-state index in [1.807, 2.05) is 17.0 Å². The van der Waals surface area contributed by atoms with Crippen molar-refractivity contribution in [3.63, 3.8) is 0 Å². The summed E-state index contributed by atoms with van der Waals surface area (Å²) in [5.41, 5.74) is 0.754. The molecule has 1 N–H and O–H groups in total. The molecule has 2 atom stereocenters. The third-order valence-electron chi connectivity index (χ3n) is 4.55. The van der Waals surface area contributed by atoms with Crippen LogP contribution in [0.3, 0.4) is 0 Å². The number of anilines is 1. The molecule has 6 heteroatoms. The molecule has 2 amide bonds. The Morgan fingerprint density at radius 3 is 2.50 bits per heavy atom. The Kier molecular flexibility index (Phi) is 4.78. The lowest BCUT2D eigenvalue weighted by molar-refractivity contribution is 0.210. The van der Waals surface area contributed by atoms with E-state index in [1.54, 1.807) is 18.4 Å². The number of nitrogens with zero attached hydrogens (tertiary/aromatic N) is 2. The molecule has 3 rings (SSSR count). The van der Waals surface area contributed by atoms with Crippen molar-refractivity contribution in [3.8, 4) is 0 Å². The molecule has 120 valence electrons. The molecule has 1 aromatic rings.